The van der Waals surface area contributed by atoms with E-state index in [1.54, 1.807) is 0 Å². The molecule has 0 aromatic heterocycles. The highest BCUT2D eigenvalue weighted by molar-refractivity contribution is 5.81. The predicted octanol–water partition coefficient (Wildman–Crippen LogP) is 3.75. The molecule has 0 heterocycles. The Morgan fingerprint density at radius 3 is 2.22 bits per heavy atom. The van der Waals surface area contributed by atoms with Crippen molar-refractivity contribution in [3.8, 4) is 0 Å². The molecule has 0 N–H and O–H groups in total. The van der Waals surface area contributed by atoms with Crippen molar-refractivity contribution >= 4 is 5.78 Å². The highest BCUT2D eigenvalue weighted by Gasteiger charge is 2.23. The van der Waals surface area contributed by atoms with Crippen LogP contribution in [-0.4, -0.2) is 30.3 Å². The average Bonchev–Trinajstić information content (AvgIpc) is 2.42. The van der Waals surface area contributed by atoms with E-state index in [0.29, 0.717) is 23.5 Å². The van der Waals surface area contributed by atoms with Gasteiger partial charge in [-0.1, -0.05) is 40.5 Å². The van der Waals surface area contributed by atoms with Crippen molar-refractivity contribution in [3.05, 3.63) is 0 Å². The van der Waals surface area contributed by atoms with Crippen LogP contribution in [0, 0.1) is 17.8 Å². The Balaban J connectivity index is 2.53. The van der Waals surface area contributed by atoms with E-state index in [1.165, 1.54) is 12.8 Å². The molecule has 0 bridgehead atoms. The van der Waals surface area contributed by atoms with Crippen molar-refractivity contribution in [2.45, 2.75) is 59.8 Å². The van der Waals surface area contributed by atoms with Gasteiger partial charge in [-0.25, -0.2) is 0 Å². The minimum absolute atomic E-state index is 0.310. The fraction of sp³-hybridized carbons (Fsp3) is 0.938. The standard InChI is InChI=1S/C16H31NO/c1-13(2)10-17(11-14(3)4)12-15-8-6-5-7-9-16(15)18/h13-15H,5-12H2,1-4H3. The lowest BCUT2D eigenvalue weighted by Gasteiger charge is -2.29. The van der Waals surface area contributed by atoms with Crippen LogP contribution in [0.1, 0.15) is 59.8 Å². The number of Topliss-reactive ketones (excluding diaryl/α,β-unsaturated/α-hetero) is 1. The molecule has 106 valence electrons. The van der Waals surface area contributed by atoms with Crippen LogP contribution in [0.25, 0.3) is 0 Å². The first-order chi connectivity index (χ1) is 8.49. The summed E-state index contributed by atoms with van der Waals surface area (Å²) in [6, 6.07) is 0. The molecule has 0 spiro atoms. The van der Waals surface area contributed by atoms with Gasteiger partial charge in [0.1, 0.15) is 5.78 Å². The number of rotatable bonds is 6. The summed E-state index contributed by atoms with van der Waals surface area (Å²) in [5.74, 6) is 2.20. The number of hydrogen-bond acceptors (Lipinski definition) is 2. The van der Waals surface area contributed by atoms with E-state index >= 15 is 0 Å². The van der Waals surface area contributed by atoms with E-state index in [0.717, 1.165) is 38.9 Å². The van der Waals surface area contributed by atoms with Crippen LogP contribution in [-0.2, 0) is 4.79 Å². The van der Waals surface area contributed by atoms with Gasteiger partial charge in [-0.2, -0.15) is 0 Å². The first kappa shape index (κ1) is 15.7. The monoisotopic (exact) mass is 253 g/mol. The minimum Gasteiger partial charge on any atom is -0.302 e. The summed E-state index contributed by atoms with van der Waals surface area (Å²) < 4.78 is 0. The lowest BCUT2D eigenvalue weighted by atomic mass is 9.97. The van der Waals surface area contributed by atoms with Crippen LogP contribution in [0.2, 0.25) is 0 Å². The molecule has 2 heteroatoms. The summed E-state index contributed by atoms with van der Waals surface area (Å²) in [6.45, 7) is 12.3. The van der Waals surface area contributed by atoms with Gasteiger partial charge < -0.3 is 4.90 Å². The quantitative estimate of drug-likeness (QED) is 0.672. The second-order valence-corrected chi connectivity index (χ2v) is 6.77. The molecule has 0 aromatic rings. The Kier molecular flexibility index (Phi) is 6.91. The third kappa shape index (κ3) is 5.99. The van der Waals surface area contributed by atoms with Gasteiger partial charge in [0, 0.05) is 32.0 Å². The molecule has 0 saturated heterocycles. The van der Waals surface area contributed by atoms with Gasteiger partial charge >= 0.3 is 0 Å². The van der Waals surface area contributed by atoms with Gasteiger partial charge in [0.05, 0.1) is 0 Å². The van der Waals surface area contributed by atoms with E-state index in [9.17, 15) is 4.79 Å². The molecule has 18 heavy (non-hydrogen) atoms. The molecule has 0 radical (unpaired) electrons. The topological polar surface area (TPSA) is 20.3 Å². The summed E-state index contributed by atoms with van der Waals surface area (Å²) in [4.78, 5) is 14.6. The van der Waals surface area contributed by atoms with Crippen LogP contribution < -0.4 is 0 Å². The molecule has 0 amide bonds. The predicted molar refractivity (Wildman–Crippen MR) is 77.7 cm³/mol. The maximum absolute atomic E-state index is 12.1. The van der Waals surface area contributed by atoms with E-state index in [1.807, 2.05) is 0 Å². The zero-order valence-corrected chi connectivity index (χ0v) is 12.7. The molecule has 1 unspecified atom stereocenters. The number of carbonyl (C=O) groups excluding carboxylic acids is 1. The second kappa shape index (κ2) is 7.93. The van der Waals surface area contributed by atoms with Gasteiger partial charge in [-0.15, -0.1) is 0 Å². The van der Waals surface area contributed by atoms with E-state index in [4.69, 9.17) is 0 Å². The molecular formula is C16H31NO. The lowest BCUT2D eigenvalue weighted by molar-refractivity contribution is -0.123. The molecule has 1 saturated carbocycles. The zero-order valence-electron chi connectivity index (χ0n) is 12.7. The fourth-order valence-electron chi connectivity index (χ4n) is 2.99. The van der Waals surface area contributed by atoms with Crippen LogP contribution in [0.5, 0.6) is 0 Å². The smallest absolute Gasteiger partial charge is 0.137 e. The van der Waals surface area contributed by atoms with E-state index in [-0.39, 0.29) is 0 Å². The minimum atomic E-state index is 0.310. The maximum atomic E-state index is 12.1. The Bertz CT molecular complexity index is 237. The number of nitrogens with zero attached hydrogens (tertiary/aromatic N) is 1. The summed E-state index contributed by atoms with van der Waals surface area (Å²) in [6.07, 6.45) is 5.54. The molecular weight excluding hydrogens is 222 g/mol. The highest BCUT2D eigenvalue weighted by atomic mass is 16.1. The third-order valence-electron chi connectivity index (χ3n) is 3.66. The highest BCUT2D eigenvalue weighted by Crippen LogP contribution is 2.21. The average molecular weight is 253 g/mol. The summed E-state index contributed by atoms with van der Waals surface area (Å²) >= 11 is 0. The van der Waals surface area contributed by atoms with Gasteiger partial charge in [0.15, 0.2) is 0 Å². The second-order valence-electron chi connectivity index (χ2n) is 6.77. The molecule has 1 aliphatic carbocycles. The van der Waals surface area contributed by atoms with Gasteiger partial charge in [0.25, 0.3) is 0 Å². The molecule has 0 aliphatic heterocycles. The SMILES string of the molecule is CC(C)CN(CC(C)C)CC1CCCCCC1=O. The van der Waals surface area contributed by atoms with Crippen LogP contribution >= 0.6 is 0 Å². The van der Waals surface area contributed by atoms with Crippen molar-refractivity contribution in [3.63, 3.8) is 0 Å². The summed E-state index contributed by atoms with van der Waals surface area (Å²) in [5, 5.41) is 0. The first-order valence-corrected chi connectivity index (χ1v) is 7.74. The van der Waals surface area contributed by atoms with Crippen molar-refractivity contribution in [1.82, 2.24) is 4.90 Å². The fourth-order valence-corrected chi connectivity index (χ4v) is 2.99. The van der Waals surface area contributed by atoms with Crippen LogP contribution in [0.3, 0.4) is 0 Å². The van der Waals surface area contributed by atoms with E-state index in [2.05, 4.69) is 32.6 Å². The van der Waals surface area contributed by atoms with Crippen molar-refractivity contribution in [2.24, 2.45) is 17.8 Å². The Morgan fingerprint density at radius 1 is 1.06 bits per heavy atom. The number of carbonyl (C=O) groups is 1. The summed E-state index contributed by atoms with van der Waals surface area (Å²) in [7, 11) is 0. The Hall–Kier alpha value is -0.370. The van der Waals surface area contributed by atoms with E-state index < -0.39 is 0 Å². The third-order valence-corrected chi connectivity index (χ3v) is 3.66. The molecule has 0 aromatic carbocycles. The van der Waals surface area contributed by atoms with Gasteiger partial charge in [-0.3, -0.25) is 4.79 Å². The Labute approximate surface area is 113 Å². The molecule has 1 aliphatic rings. The normalized spacial score (nSPS) is 21.9. The van der Waals surface area contributed by atoms with Crippen LogP contribution in [0.15, 0.2) is 0 Å². The first-order valence-electron chi connectivity index (χ1n) is 7.74. The summed E-state index contributed by atoms with van der Waals surface area (Å²) in [5.41, 5.74) is 0. The van der Waals surface area contributed by atoms with Crippen LogP contribution in [0.4, 0.5) is 0 Å². The van der Waals surface area contributed by atoms with Crippen molar-refractivity contribution < 1.29 is 4.79 Å². The number of ketones is 1. The molecule has 1 atom stereocenters. The lowest BCUT2D eigenvalue weighted by Crippen LogP contribution is -2.37. The maximum Gasteiger partial charge on any atom is 0.137 e. The largest absolute Gasteiger partial charge is 0.302 e. The van der Waals surface area contributed by atoms with Crippen molar-refractivity contribution in [1.29, 1.82) is 0 Å². The molecule has 2 nitrogen and oxygen atoms in total. The molecule has 1 rings (SSSR count). The Morgan fingerprint density at radius 2 is 1.67 bits per heavy atom. The zero-order chi connectivity index (χ0) is 13.5. The molecule has 1 fully saturated rings. The van der Waals surface area contributed by atoms with Crippen molar-refractivity contribution in [2.75, 3.05) is 19.6 Å². The number of hydrogen-bond donors (Lipinski definition) is 0. The van der Waals surface area contributed by atoms with Gasteiger partial charge in [0.2, 0.25) is 0 Å². The van der Waals surface area contributed by atoms with Gasteiger partial charge in [-0.05, 0) is 24.7 Å².